The lowest BCUT2D eigenvalue weighted by Crippen LogP contribution is -2.45. The predicted octanol–water partition coefficient (Wildman–Crippen LogP) is 1.29. The van der Waals surface area contributed by atoms with Crippen LogP contribution < -0.4 is 21.6 Å². The Morgan fingerprint density at radius 1 is 1.30 bits per heavy atom. The predicted molar refractivity (Wildman–Crippen MR) is 95.1 cm³/mol. The molecule has 0 radical (unpaired) electrons. The van der Waals surface area contributed by atoms with Crippen molar-refractivity contribution in [3.8, 4) is 0 Å². The Labute approximate surface area is 142 Å². The van der Waals surface area contributed by atoms with E-state index in [2.05, 4.69) is 15.1 Å². The maximum atomic E-state index is 12.1. The van der Waals surface area contributed by atoms with Crippen LogP contribution in [-0.4, -0.2) is 30.5 Å². The Hall–Kier alpha value is -1.79. The maximum absolute atomic E-state index is 12.1. The van der Waals surface area contributed by atoms with Gasteiger partial charge in [-0.25, -0.2) is 0 Å². The van der Waals surface area contributed by atoms with Gasteiger partial charge in [-0.3, -0.25) is 14.6 Å². The highest BCUT2D eigenvalue weighted by Crippen LogP contribution is 2.04. The van der Waals surface area contributed by atoms with Gasteiger partial charge < -0.3 is 16.8 Å². The molecule has 0 aliphatic carbocycles. The fourth-order valence-electron chi connectivity index (χ4n) is 2.21. The number of halogens is 1. The number of nitrogens with two attached hydrogens (primary N) is 2. The summed E-state index contributed by atoms with van der Waals surface area (Å²) in [6.07, 6.45) is 3.02. The number of aliphatic imine (C=N–C) groups is 1. The van der Waals surface area contributed by atoms with E-state index in [0.717, 1.165) is 19.3 Å². The lowest BCUT2D eigenvalue weighted by molar-refractivity contribution is -0.123. The van der Waals surface area contributed by atoms with Crippen molar-refractivity contribution in [1.29, 1.82) is 0 Å². The molecule has 0 saturated heterocycles. The highest BCUT2D eigenvalue weighted by atomic mass is 35.5. The number of benzene rings is 1. The van der Waals surface area contributed by atoms with Gasteiger partial charge in [0.25, 0.3) is 0 Å². The van der Waals surface area contributed by atoms with Gasteiger partial charge in [-0.05, 0) is 38.2 Å². The zero-order valence-electron chi connectivity index (χ0n) is 13.5. The molecule has 0 fully saturated rings. The number of unbranched alkanes of at least 4 members (excludes halogenated alkanes) is 1. The summed E-state index contributed by atoms with van der Waals surface area (Å²) in [5, 5.41) is 2.96. The van der Waals surface area contributed by atoms with Crippen molar-refractivity contribution in [3.05, 3.63) is 35.9 Å². The summed E-state index contributed by atoms with van der Waals surface area (Å²) < 4.78 is 0. The normalized spacial score (nSPS) is 14.1. The molecule has 6 N–H and O–H groups in total. The Kier molecular flexibility index (Phi) is 9.09. The van der Waals surface area contributed by atoms with Crippen LogP contribution in [0, 0.1) is 0 Å². The smallest absolute Gasteiger partial charge is 0.237 e. The number of nitrogens with zero attached hydrogens (tertiary/aromatic N) is 1. The average molecular weight is 340 g/mol. The summed E-state index contributed by atoms with van der Waals surface area (Å²) in [4.78, 5) is 18.3. The van der Waals surface area contributed by atoms with Crippen LogP contribution in [0.3, 0.4) is 0 Å². The summed E-state index contributed by atoms with van der Waals surface area (Å²) >= 11 is 5.28. The fraction of sp³-hybridized carbons (Fsp3) is 0.500. The topological polar surface area (TPSA) is 106 Å². The van der Waals surface area contributed by atoms with Crippen LogP contribution in [0.1, 0.15) is 31.7 Å². The SMILES string of the molecule is CC(Cc1ccccc1)NC(=O)C(N)CCCCN=C(N)NCl. The van der Waals surface area contributed by atoms with Crippen LogP contribution in [-0.2, 0) is 11.2 Å². The highest BCUT2D eigenvalue weighted by molar-refractivity contribution is 6.21. The molecule has 7 heteroatoms. The third-order valence-electron chi connectivity index (χ3n) is 3.41. The van der Waals surface area contributed by atoms with Gasteiger partial charge in [0.1, 0.15) is 0 Å². The molecular formula is C16H26ClN5O. The minimum absolute atomic E-state index is 0.0511. The standard InChI is InChI=1S/C16H26ClN5O/c1-12(11-13-7-3-2-4-8-13)21-15(23)14(18)9-5-6-10-20-16(19)22-17/h2-4,7-8,12,14H,5-6,9-11,18H2,1H3,(H,21,23)(H3,19,20,22). The molecule has 0 bridgehead atoms. The first-order valence-corrected chi connectivity index (χ1v) is 8.17. The fourth-order valence-corrected chi connectivity index (χ4v) is 2.26. The van der Waals surface area contributed by atoms with E-state index < -0.39 is 6.04 Å². The zero-order chi connectivity index (χ0) is 17.1. The molecule has 1 amide bonds. The van der Waals surface area contributed by atoms with Crippen molar-refractivity contribution in [2.75, 3.05) is 6.54 Å². The van der Waals surface area contributed by atoms with Crippen LogP contribution in [0.4, 0.5) is 0 Å². The maximum Gasteiger partial charge on any atom is 0.237 e. The number of carbonyl (C=O) groups is 1. The van der Waals surface area contributed by atoms with Crippen molar-refractivity contribution in [3.63, 3.8) is 0 Å². The number of hydrogen-bond donors (Lipinski definition) is 4. The van der Waals surface area contributed by atoms with Gasteiger partial charge >= 0.3 is 0 Å². The Balaban J connectivity index is 2.23. The van der Waals surface area contributed by atoms with Crippen molar-refractivity contribution in [1.82, 2.24) is 10.2 Å². The average Bonchev–Trinajstić information content (AvgIpc) is 2.54. The van der Waals surface area contributed by atoms with Gasteiger partial charge in [-0.15, -0.1) is 0 Å². The van der Waals surface area contributed by atoms with E-state index in [1.807, 2.05) is 37.3 Å². The second-order valence-electron chi connectivity index (χ2n) is 5.56. The molecule has 1 rings (SSSR count). The number of carbonyl (C=O) groups excluding carboxylic acids is 1. The molecule has 2 unspecified atom stereocenters. The van der Waals surface area contributed by atoms with Crippen LogP contribution in [0.5, 0.6) is 0 Å². The number of hydrogen-bond acceptors (Lipinski definition) is 3. The molecule has 128 valence electrons. The molecular weight excluding hydrogens is 314 g/mol. The van der Waals surface area contributed by atoms with Crippen molar-refractivity contribution in [2.24, 2.45) is 16.5 Å². The molecule has 1 aromatic carbocycles. The summed E-state index contributed by atoms with van der Waals surface area (Å²) in [5.74, 6) is 0.0855. The molecule has 0 aromatic heterocycles. The second-order valence-corrected chi connectivity index (χ2v) is 5.75. The summed E-state index contributed by atoms with van der Waals surface area (Å²) in [7, 11) is 0. The zero-order valence-corrected chi connectivity index (χ0v) is 14.2. The van der Waals surface area contributed by atoms with Gasteiger partial charge in [-0.1, -0.05) is 30.3 Å². The number of amides is 1. The first-order valence-electron chi connectivity index (χ1n) is 7.79. The summed E-state index contributed by atoms with van der Waals surface area (Å²) in [6, 6.07) is 9.60. The number of rotatable bonds is 9. The van der Waals surface area contributed by atoms with Gasteiger partial charge in [-0.2, -0.15) is 0 Å². The van der Waals surface area contributed by atoms with Crippen molar-refractivity contribution < 1.29 is 4.79 Å². The van der Waals surface area contributed by atoms with Gasteiger partial charge in [0.2, 0.25) is 11.9 Å². The van der Waals surface area contributed by atoms with E-state index in [9.17, 15) is 4.79 Å². The molecule has 0 aliphatic heterocycles. The van der Waals surface area contributed by atoms with Gasteiger partial charge in [0.05, 0.1) is 6.04 Å². The third kappa shape index (κ3) is 8.42. The van der Waals surface area contributed by atoms with E-state index >= 15 is 0 Å². The molecule has 1 aromatic rings. The van der Waals surface area contributed by atoms with E-state index in [4.69, 9.17) is 23.2 Å². The quantitative estimate of drug-likeness (QED) is 0.235. The van der Waals surface area contributed by atoms with Crippen molar-refractivity contribution in [2.45, 2.75) is 44.7 Å². The first-order chi connectivity index (χ1) is 11.0. The monoisotopic (exact) mass is 339 g/mol. The Morgan fingerprint density at radius 2 is 2.00 bits per heavy atom. The largest absolute Gasteiger partial charge is 0.369 e. The van der Waals surface area contributed by atoms with E-state index in [0.29, 0.717) is 13.0 Å². The lowest BCUT2D eigenvalue weighted by Gasteiger charge is -2.17. The summed E-state index contributed by atoms with van der Waals surface area (Å²) in [6.45, 7) is 2.54. The van der Waals surface area contributed by atoms with Crippen LogP contribution >= 0.6 is 11.8 Å². The molecule has 0 aliphatic rings. The molecule has 23 heavy (non-hydrogen) atoms. The number of nitrogens with one attached hydrogen (secondary N) is 2. The Morgan fingerprint density at radius 3 is 2.65 bits per heavy atom. The molecule has 6 nitrogen and oxygen atoms in total. The van der Waals surface area contributed by atoms with Crippen LogP contribution in [0.25, 0.3) is 0 Å². The van der Waals surface area contributed by atoms with Crippen LogP contribution in [0.15, 0.2) is 35.3 Å². The molecule has 0 spiro atoms. The van der Waals surface area contributed by atoms with E-state index in [1.54, 1.807) is 0 Å². The van der Waals surface area contributed by atoms with Crippen molar-refractivity contribution >= 4 is 23.6 Å². The molecule has 2 atom stereocenters. The molecule has 0 heterocycles. The minimum Gasteiger partial charge on any atom is -0.369 e. The number of guanidine groups is 1. The van der Waals surface area contributed by atoms with E-state index in [1.165, 1.54) is 5.56 Å². The molecule has 0 saturated carbocycles. The first kappa shape index (κ1) is 19.3. The lowest BCUT2D eigenvalue weighted by atomic mass is 10.1. The highest BCUT2D eigenvalue weighted by Gasteiger charge is 2.15. The van der Waals surface area contributed by atoms with E-state index in [-0.39, 0.29) is 17.9 Å². The minimum atomic E-state index is -0.499. The van der Waals surface area contributed by atoms with Crippen LogP contribution in [0.2, 0.25) is 0 Å². The Bertz CT molecular complexity index is 495. The summed E-state index contributed by atoms with van der Waals surface area (Å²) in [5.41, 5.74) is 12.5. The van der Waals surface area contributed by atoms with Gasteiger partial charge in [0.15, 0.2) is 0 Å². The third-order valence-corrected chi connectivity index (χ3v) is 3.61. The second kappa shape index (κ2) is 10.9. The van der Waals surface area contributed by atoms with Gasteiger partial charge in [0, 0.05) is 24.4 Å².